The zero-order valence-electron chi connectivity index (χ0n) is 10.9. The van der Waals surface area contributed by atoms with Crippen molar-refractivity contribution in [1.29, 1.82) is 0 Å². The van der Waals surface area contributed by atoms with E-state index < -0.39 is 12.0 Å². The highest BCUT2D eigenvalue weighted by Gasteiger charge is 2.47. The summed E-state index contributed by atoms with van der Waals surface area (Å²) in [5.74, 6) is -0.0461. The Balaban J connectivity index is 1.67. The van der Waals surface area contributed by atoms with Crippen LogP contribution in [0, 0.1) is 5.92 Å². The number of hydrogen-bond donors (Lipinski definition) is 1. The van der Waals surface area contributed by atoms with Crippen LogP contribution in [-0.4, -0.2) is 53.8 Å². The predicted molar refractivity (Wildman–Crippen MR) is 71.9 cm³/mol. The third kappa shape index (κ3) is 2.65. The van der Waals surface area contributed by atoms with E-state index in [-0.39, 0.29) is 17.7 Å². The van der Waals surface area contributed by atoms with E-state index in [1.165, 1.54) is 6.33 Å². The first-order valence-corrected chi connectivity index (χ1v) is 7.69. The molecule has 0 bridgehead atoms. The number of hydrogen-bond acceptors (Lipinski definition) is 5. The molecule has 1 aliphatic heterocycles. The van der Waals surface area contributed by atoms with Gasteiger partial charge in [0, 0.05) is 12.2 Å². The molecule has 7 nitrogen and oxygen atoms in total. The van der Waals surface area contributed by atoms with E-state index >= 15 is 0 Å². The third-order valence-corrected chi connectivity index (χ3v) is 5.12. The lowest BCUT2D eigenvalue weighted by molar-refractivity contribution is -0.149. The number of carbonyl (C=O) groups excluding carboxylic acids is 1. The summed E-state index contributed by atoms with van der Waals surface area (Å²) < 4.78 is 1.59. The minimum Gasteiger partial charge on any atom is -0.480 e. The van der Waals surface area contributed by atoms with Crippen molar-refractivity contribution in [1.82, 2.24) is 19.7 Å². The molecule has 1 saturated carbocycles. The molecule has 108 valence electrons. The number of aliphatic carboxylic acids is 1. The summed E-state index contributed by atoms with van der Waals surface area (Å²) in [4.78, 5) is 29.1. The highest BCUT2D eigenvalue weighted by Crippen LogP contribution is 2.45. The molecule has 2 fully saturated rings. The molecule has 2 heterocycles. The van der Waals surface area contributed by atoms with Gasteiger partial charge in [0.2, 0.25) is 5.91 Å². The van der Waals surface area contributed by atoms with Crippen LogP contribution in [0.1, 0.15) is 19.3 Å². The topological polar surface area (TPSA) is 88.3 Å². The van der Waals surface area contributed by atoms with Gasteiger partial charge in [-0.1, -0.05) is 0 Å². The zero-order valence-corrected chi connectivity index (χ0v) is 11.7. The summed E-state index contributed by atoms with van der Waals surface area (Å²) in [5, 5.41) is 13.3. The first-order chi connectivity index (χ1) is 9.66. The molecule has 3 rings (SSSR count). The van der Waals surface area contributed by atoms with Crippen molar-refractivity contribution in [2.75, 3.05) is 5.75 Å². The van der Waals surface area contributed by atoms with Crippen LogP contribution in [0.4, 0.5) is 0 Å². The first kappa shape index (κ1) is 13.4. The lowest BCUT2D eigenvalue weighted by Gasteiger charge is -2.27. The number of carboxylic acids is 1. The summed E-state index contributed by atoms with van der Waals surface area (Å²) in [7, 11) is 0. The molecule has 1 N–H and O–H groups in total. The maximum atomic E-state index is 12.4. The van der Waals surface area contributed by atoms with Gasteiger partial charge in [0.25, 0.3) is 0 Å². The van der Waals surface area contributed by atoms with Crippen molar-refractivity contribution in [3.63, 3.8) is 0 Å². The molecule has 1 aliphatic carbocycles. The van der Waals surface area contributed by atoms with Crippen LogP contribution >= 0.6 is 11.8 Å². The maximum absolute atomic E-state index is 12.4. The number of aryl methyl sites for hydroxylation is 1. The number of thioether (sulfide) groups is 1. The van der Waals surface area contributed by atoms with Gasteiger partial charge < -0.3 is 10.0 Å². The highest BCUT2D eigenvalue weighted by molar-refractivity contribution is 8.00. The van der Waals surface area contributed by atoms with E-state index in [2.05, 4.69) is 10.1 Å². The Morgan fingerprint density at radius 3 is 2.80 bits per heavy atom. The van der Waals surface area contributed by atoms with E-state index in [1.54, 1.807) is 27.7 Å². The van der Waals surface area contributed by atoms with Gasteiger partial charge in [-0.05, 0) is 18.8 Å². The van der Waals surface area contributed by atoms with Crippen molar-refractivity contribution in [3.05, 3.63) is 12.7 Å². The minimum atomic E-state index is -0.908. The van der Waals surface area contributed by atoms with Gasteiger partial charge in [0.15, 0.2) is 0 Å². The molecule has 1 amide bonds. The molecule has 2 aliphatic rings. The minimum absolute atomic E-state index is 0.0411. The van der Waals surface area contributed by atoms with Gasteiger partial charge in [-0.2, -0.15) is 5.10 Å². The van der Waals surface area contributed by atoms with Crippen LogP contribution in [0.25, 0.3) is 0 Å². The monoisotopic (exact) mass is 296 g/mol. The van der Waals surface area contributed by atoms with Crippen molar-refractivity contribution in [2.24, 2.45) is 5.92 Å². The van der Waals surface area contributed by atoms with Gasteiger partial charge >= 0.3 is 5.97 Å². The summed E-state index contributed by atoms with van der Waals surface area (Å²) >= 11 is 1.60. The van der Waals surface area contributed by atoms with Crippen molar-refractivity contribution >= 4 is 23.6 Å². The van der Waals surface area contributed by atoms with E-state index in [4.69, 9.17) is 0 Å². The van der Waals surface area contributed by atoms with Crippen molar-refractivity contribution < 1.29 is 14.7 Å². The third-order valence-electron chi connectivity index (χ3n) is 3.65. The number of rotatable bonds is 5. The van der Waals surface area contributed by atoms with E-state index in [9.17, 15) is 14.7 Å². The average Bonchev–Trinajstić information content (AvgIpc) is 2.97. The molecule has 0 aromatic carbocycles. The van der Waals surface area contributed by atoms with E-state index in [0.717, 1.165) is 12.8 Å². The summed E-state index contributed by atoms with van der Waals surface area (Å²) in [5.41, 5.74) is 0. The molecule has 0 spiro atoms. The number of nitrogens with zero attached hydrogens (tertiary/aromatic N) is 4. The number of carbonyl (C=O) groups is 2. The highest BCUT2D eigenvalue weighted by atomic mass is 32.2. The van der Waals surface area contributed by atoms with Gasteiger partial charge in [0.05, 0.1) is 11.9 Å². The standard InChI is InChI=1S/C12H16N4O3S/c17-10(3-4-15-7-13-6-14-15)16-9(12(18)19)5-20-11(16)8-1-2-8/h6-9,11H,1-5H2,(H,18,19). The Morgan fingerprint density at radius 2 is 2.20 bits per heavy atom. The molecular weight excluding hydrogens is 280 g/mol. The lowest BCUT2D eigenvalue weighted by Crippen LogP contribution is -2.46. The second-order valence-corrected chi connectivity index (χ2v) is 6.27. The van der Waals surface area contributed by atoms with Crippen LogP contribution in [0.5, 0.6) is 0 Å². The van der Waals surface area contributed by atoms with Crippen LogP contribution in [0.2, 0.25) is 0 Å². The zero-order chi connectivity index (χ0) is 14.1. The smallest absolute Gasteiger partial charge is 0.327 e. The average molecular weight is 296 g/mol. The van der Waals surface area contributed by atoms with Crippen molar-refractivity contribution in [2.45, 2.75) is 37.2 Å². The van der Waals surface area contributed by atoms with Gasteiger partial charge in [-0.3, -0.25) is 9.48 Å². The van der Waals surface area contributed by atoms with E-state index in [0.29, 0.717) is 18.2 Å². The SMILES string of the molecule is O=C(O)C1CSC(C2CC2)N1C(=O)CCn1cncn1. The largest absolute Gasteiger partial charge is 0.480 e. The fraction of sp³-hybridized carbons (Fsp3) is 0.667. The predicted octanol–water partition coefficient (Wildman–Crippen LogP) is 0.433. The number of carboxylic acid groups (broad SMARTS) is 1. The quantitative estimate of drug-likeness (QED) is 0.848. The van der Waals surface area contributed by atoms with E-state index in [1.807, 2.05) is 0 Å². The maximum Gasteiger partial charge on any atom is 0.327 e. The molecule has 8 heteroatoms. The Kier molecular flexibility index (Phi) is 3.64. The second kappa shape index (κ2) is 5.43. The molecule has 1 aromatic heterocycles. The fourth-order valence-corrected chi connectivity index (χ4v) is 4.12. The molecule has 1 aromatic rings. The Bertz CT molecular complexity index is 503. The Labute approximate surface area is 120 Å². The van der Waals surface area contributed by atoms with Gasteiger partial charge in [-0.25, -0.2) is 9.78 Å². The first-order valence-electron chi connectivity index (χ1n) is 6.65. The van der Waals surface area contributed by atoms with Gasteiger partial charge in [0.1, 0.15) is 18.7 Å². The van der Waals surface area contributed by atoms with Crippen LogP contribution in [0.3, 0.4) is 0 Å². The van der Waals surface area contributed by atoms with Crippen molar-refractivity contribution in [3.8, 4) is 0 Å². The number of amides is 1. The molecule has 20 heavy (non-hydrogen) atoms. The Hall–Kier alpha value is -1.57. The normalized spacial score (nSPS) is 25.9. The van der Waals surface area contributed by atoms with Crippen LogP contribution in [-0.2, 0) is 16.1 Å². The molecule has 2 atom stereocenters. The molecule has 2 unspecified atom stereocenters. The molecular formula is C12H16N4O3S. The lowest BCUT2D eigenvalue weighted by atomic mass is 10.2. The molecule has 1 saturated heterocycles. The second-order valence-electron chi connectivity index (χ2n) is 5.12. The number of aromatic nitrogens is 3. The Morgan fingerprint density at radius 1 is 1.40 bits per heavy atom. The summed E-state index contributed by atoms with van der Waals surface area (Å²) in [6.45, 7) is 0.434. The fourth-order valence-electron chi connectivity index (χ4n) is 2.47. The van der Waals surface area contributed by atoms with Gasteiger partial charge in [-0.15, -0.1) is 11.8 Å². The van der Waals surface area contributed by atoms with Crippen LogP contribution in [0.15, 0.2) is 12.7 Å². The van der Waals surface area contributed by atoms with Crippen LogP contribution < -0.4 is 0 Å². The summed E-state index contributed by atoms with van der Waals surface area (Å²) in [6, 6.07) is -0.686. The molecule has 0 radical (unpaired) electrons. The summed E-state index contributed by atoms with van der Waals surface area (Å²) in [6.07, 6.45) is 5.42.